The van der Waals surface area contributed by atoms with Gasteiger partial charge in [-0.1, -0.05) is 13.8 Å². The normalized spacial score (nSPS) is 9.94. The number of carbonyl (C=O) groups excluding carboxylic acids is 2. The van der Waals surface area contributed by atoms with Crippen LogP contribution < -0.4 is 16.4 Å². The number of nitrogens with one attached hydrogen (secondary N) is 2. The SMILES string of the molecule is CC(C)C(=O)Nc1ccc(NC(N)=O)cc1. The van der Waals surface area contributed by atoms with Crippen molar-refractivity contribution in [2.24, 2.45) is 11.7 Å². The lowest BCUT2D eigenvalue weighted by Crippen LogP contribution is -2.19. The van der Waals surface area contributed by atoms with E-state index in [4.69, 9.17) is 5.73 Å². The Morgan fingerprint density at radius 3 is 1.88 bits per heavy atom. The standard InChI is InChI=1S/C11H15N3O2/c1-7(2)10(15)13-8-3-5-9(6-4-8)14-11(12)16/h3-7H,1-2H3,(H,13,15)(H3,12,14,16). The van der Waals surface area contributed by atoms with Crippen molar-refractivity contribution in [1.29, 1.82) is 0 Å². The molecule has 0 saturated heterocycles. The molecule has 5 heteroatoms. The van der Waals surface area contributed by atoms with Crippen LogP contribution in [0.4, 0.5) is 16.2 Å². The molecule has 3 amide bonds. The molecule has 0 aromatic heterocycles. The van der Waals surface area contributed by atoms with Gasteiger partial charge in [-0.25, -0.2) is 4.79 Å². The lowest BCUT2D eigenvalue weighted by Gasteiger charge is -2.08. The van der Waals surface area contributed by atoms with Crippen LogP contribution in [-0.4, -0.2) is 11.9 Å². The van der Waals surface area contributed by atoms with Crippen LogP contribution in [0.15, 0.2) is 24.3 Å². The van der Waals surface area contributed by atoms with Crippen LogP contribution >= 0.6 is 0 Å². The van der Waals surface area contributed by atoms with E-state index < -0.39 is 6.03 Å². The zero-order valence-electron chi connectivity index (χ0n) is 9.28. The predicted molar refractivity (Wildman–Crippen MR) is 63.1 cm³/mol. The summed E-state index contributed by atoms with van der Waals surface area (Å²) in [6.45, 7) is 3.64. The molecule has 0 radical (unpaired) electrons. The molecule has 5 nitrogen and oxygen atoms in total. The molecule has 0 aliphatic heterocycles. The van der Waals surface area contributed by atoms with Crippen LogP contribution in [0.25, 0.3) is 0 Å². The van der Waals surface area contributed by atoms with E-state index in [0.717, 1.165) is 0 Å². The van der Waals surface area contributed by atoms with Crippen LogP contribution in [-0.2, 0) is 4.79 Å². The second-order valence-electron chi connectivity index (χ2n) is 3.71. The van der Waals surface area contributed by atoms with Gasteiger partial charge in [0.2, 0.25) is 5.91 Å². The predicted octanol–water partition coefficient (Wildman–Crippen LogP) is 1.77. The highest BCUT2D eigenvalue weighted by Gasteiger charge is 2.06. The number of nitrogens with two attached hydrogens (primary N) is 1. The van der Waals surface area contributed by atoms with E-state index in [0.29, 0.717) is 11.4 Å². The summed E-state index contributed by atoms with van der Waals surface area (Å²) in [6.07, 6.45) is 0. The van der Waals surface area contributed by atoms with Crippen molar-refractivity contribution in [3.63, 3.8) is 0 Å². The van der Waals surface area contributed by atoms with Crippen molar-refractivity contribution in [3.8, 4) is 0 Å². The highest BCUT2D eigenvalue weighted by atomic mass is 16.2. The van der Waals surface area contributed by atoms with Gasteiger partial charge in [0.05, 0.1) is 0 Å². The highest BCUT2D eigenvalue weighted by molar-refractivity contribution is 5.93. The molecule has 0 unspecified atom stereocenters. The Bertz CT molecular complexity index is 385. The van der Waals surface area contributed by atoms with E-state index >= 15 is 0 Å². The summed E-state index contributed by atoms with van der Waals surface area (Å²) >= 11 is 0. The third-order valence-corrected chi connectivity index (χ3v) is 1.94. The fourth-order valence-electron chi connectivity index (χ4n) is 1.07. The molecule has 86 valence electrons. The van der Waals surface area contributed by atoms with Crippen LogP contribution in [0, 0.1) is 5.92 Å². The van der Waals surface area contributed by atoms with Crippen molar-refractivity contribution in [2.75, 3.05) is 10.6 Å². The summed E-state index contributed by atoms with van der Waals surface area (Å²) in [5, 5.41) is 5.17. The van der Waals surface area contributed by atoms with Gasteiger partial charge in [-0.2, -0.15) is 0 Å². The molecule has 0 atom stereocenters. The van der Waals surface area contributed by atoms with Gasteiger partial charge in [-0.15, -0.1) is 0 Å². The first-order chi connectivity index (χ1) is 7.49. The molecule has 0 saturated carbocycles. The molecule has 16 heavy (non-hydrogen) atoms. The lowest BCUT2D eigenvalue weighted by atomic mass is 10.2. The highest BCUT2D eigenvalue weighted by Crippen LogP contribution is 2.14. The largest absolute Gasteiger partial charge is 0.351 e. The second-order valence-corrected chi connectivity index (χ2v) is 3.71. The smallest absolute Gasteiger partial charge is 0.316 e. The monoisotopic (exact) mass is 221 g/mol. The summed E-state index contributed by atoms with van der Waals surface area (Å²) in [5.74, 6) is -0.112. The molecule has 1 aromatic rings. The molecule has 0 fully saturated rings. The summed E-state index contributed by atoms with van der Waals surface area (Å²) < 4.78 is 0. The molecule has 0 bridgehead atoms. The van der Waals surface area contributed by atoms with Crippen LogP contribution in [0.2, 0.25) is 0 Å². The Morgan fingerprint density at radius 2 is 1.50 bits per heavy atom. The van der Waals surface area contributed by atoms with Gasteiger partial charge in [0.1, 0.15) is 0 Å². The number of primary amides is 1. The molecule has 1 rings (SSSR count). The van der Waals surface area contributed by atoms with Crippen molar-refractivity contribution in [2.45, 2.75) is 13.8 Å². The second kappa shape index (κ2) is 5.16. The minimum absolute atomic E-state index is 0.0457. The van der Waals surface area contributed by atoms with Crippen molar-refractivity contribution >= 4 is 23.3 Å². The van der Waals surface area contributed by atoms with E-state index in [1.54, 1.807) is 24.3 Å². The first kappa shape index (κ1) is 12.0. The van der Waals surface area contributed by atoms with Crippen LogP contribution in [0.3, 0.4) is 0 Å². The Hall–Kier alpha value is -2.04. The lowest BCUT2D eigenvalue weighted by molar-refractivity contribution is -0.118. The van der Waals surface area contributed by atoms with E-state index in [9.17, 15) is 9.59 Å². The van der Waals surface area contributed by atoms with Crippen molar-refractivity contribution < 1.29 is 9.59 Å². The average Bonchev–Trinajstić information content (AvgIpc) is 2.20. The number of carbonyl (C=O) groups is 2. The first-order valence-electron chi connectivity index (χ1n) is 4.96. The van der Waals surface area contributed by atoms with Gasteiger partial charge < -0.3 is 16.4 Å². The number of rotatable bonds is 3. The third kappa shape index (κ3) is 3.61. The number of hydrogen-bond donors (Lipinski definition) is 3. The quantitative estimate of drug-likeness (QED) is 0.726. The van der Waals surface area contributed by atoms with E-state index in [2.05, 4.69) is 10.6 Å². The maximum atomic E-state index is 11.4. The maximum absolute atomic E-state index is 11.4. The Morgan fingerprint density at radius 1 is 1.06 bits per heavy atom. The van der Waals surface area contributed by atoms with Crippen LogP contribution in [0.1, 0.15) is 13.8 Å². The summed E-state index contributed by atoms with van der Waals surface area (Å²) in [4.78, 5) is 21.9. The van der Waals surface area contributed by atoms with Crippen LogP contribution in [0.5, 0.6) is 0 Å². The number of urea groups is 1. The Labute approximate surface area is 94.0 Å². The summed E-state index contributed by atoms with van der Waals surface area (Å²) in [6, 6.07) is 6.12. The van der Waals surface area contributed by atoms with E-state index in [1.807, 2.05) is 13.8 Å². The number of amides is 3. The zero-order valence-corrected chi connectivity index (χ0v) is 9.28. The Kier molecular flexibility index (Phi) is 3.88. The summed E-state index contributed by atoms with van der Waals surface area (Å²) in [7, 11) is 0. The molecular weight excluding hydrogens is 206 g/mol. The topological polar surface area (TPSA) is 84.2 Å². The molecule has 0 aliphatic carbocycles. The van der Waals surface area contributed by atoms with Crippen molar-refractivity contribution in [1.82, 2.24) is 0 Å². The molecule has 0 aliphatic rings. The fraction of sp³-hybridized carbons (Fsp3) is 0.273. The van der Waals surface area contributed by atoms with Gasteiger partial charge in [0, 0.05) is 17.3 Å². The van der Waals surface area contributed by atoms with Crippen molar-refractivity contribution in [3.05, 3.63) is 24.3 Å². The van der Waals surface area contributed by atoms with Gasteiger partial charge in [0.25, 0.3) is 0 Å². The number of anilines is 2. The Balaban J connectivity index is 2.64. The minimum Gasteiger partial charge on any atom is -0.351 e. The fourth-order valence-corrected chi connectivity index (χ4v) is 1.07. The molecular formula is C11H15N3O2. The third-order valence-electron chi connectivity index (χ3n) is 1.94. The molecule has 4 N–H and O–H groups in total. The van der Waals surface area contributed by atoms with E-state index in [1.165, 1.54) is 0 Å². The van der Waals surface area contributed by atoms with Gasteiger partial charge >= 0.3 is 6.03 Å². The molecule has 0 spiro atoms. The minimum atomic E-state index is -0.612. The molecule has 0 heterocycles. The van der Waals surface area contributed by atoms with E-state index in [-0.39, 0.29) is 11.8 Å². The van der Waals surface area contributed by atoms with Gasteiger partial charge in [-0.05, 0) is 24.3 Å². The number of benzene rings is 1. The average molecular weight is 221 g/mol. The van der Waals surface area contributed by atoms with Gasteiger partial charge in [-0.3, -0.25) is 4.79 Å². The zero-order chi connectivity index (χ0) is 12.1. The summed E-state index contributed by atoms with van der Waals surface area (Å²) in [5.41, 5.74) is 6.24. The maximum Gasteiger partial charge on any atom is 0.316 e. The first-order valence-corrected chi connectivity index (χ1v) is 4.96. The van der Waals surface area contributed by atoms with Gasteiger partial charge in [0.15, 0.2) is 0 Å². The number of hydrogen-bond acceptors (Lipinski definition) is 2. The molecule has 1 aromatic carbocycles.